The lowest BCUT2D eigenvalue weighted by molar-refractivity contribution is 0.0643. The maximum absolute atomic E-state index is 5.80. The molecule has 0 radical (unpaired) electrons. The van der Waals surface area contributed by atoms with Crippen molar-refractivity contribution in [2.45, 2.75) is 40.7 Å². The Morgan fingerprint density at radius 1 is 1.00 bits per heavy atom. The van der Waals surface area contributed by atoms with E-state index in [0.29, 0.717) is 5.92 Å². The second kappa shape index (κ2) is 7.50. The molecule has 0 heterocycles. The zero-order valence-electron chi connectivity index (χ0n) is 11.6. The number of ether oxygens (including phenoxy) is 1. The van der Waals surface area contributed by atoms with E-state index in [0.717, 1.165) is 25.0 Å². The van der Waals surface area contributed by atoms with Gasteiger partial charge in [-0.1, -0.05) is 64.4 Å². The summed E-state index contributed by atoms with van der Waals surface area (Å²) in [6, 6.07) is 10.4. The van der Waals surface area contributed by atoms with E-state index >= 15 is 0 Å². The third-order valence-corrected chi connectivity index (χ3v) is 3.93. The average molecular weight is 234 g/mol. The van der Waals surface area contributed by atoms with Crippen molar-refractivity contribution in [3.63, 3.8) is 0 Å². The molecule has 1 rings (SSSR count). The number of hydrogen-bond acceptors (Lipinski definition) is 1. The summed E-state index contributed by atoms with van der Waals surface area (Å²) < 4.78 is 5.80. The predicted octanol–water partition coefficient (Wildman–Crippen LogP) is 4.52. The molecule has 0 amide bonds. The van der Waals surface area contributed by atoms with Crippen molar-refractivity contribution in [2.24, 2.45) is 17.8 Å². The normalized spacial score (nSPS) is 16.5. The van der Waals surface area contributed by atoms with Gasteiger partial charge in [0.2, 0.25) is 0 Å². The minimum Gasteiger partial charge on any atom is -0.376 e. The van der Waals surface area contributed by atoms with Gasteiger partial charge in [0.15, 0.2) is 0 Å². The van der Waals surface area contributed by atoms with E-state index in [1.54, 1.807) is 0 Å². The minimum atomic E-state index is 0.633. The summed E-state index contributed by atoms with van der Waals surface area (Å²) >= 11 is 0. The molecule has 3 unspecified atom stereocenters. The molecule has 0 aliphatic heterocycles. The molecule has 0 N–H and O–H groups in total. The van der Waals surface area contributed by atoms with Crippen LogP contribution in [0, 0.1) is 17.8 Å². The quantitative estimate of drug-likeness (QED) is 0.674. The summed E-state index contributed by atoms with van der Waals surface area (Å²) in [6.07, 6.45) is 1.25. The predicted molar refractivity (Wildman–Crippen MR) is 73.9 cm³/mol. The molecule has 1 nitrogen and oxygen atoms in total. The lowest BCUT2D eigenvalue weighted by Gasteiger charge is -2.25. The first-order chi connectivity index (χ1) is 8.15. The zero-order valence-corrected chi connectivity index (χ0v) is 11.6. The molecule has 0 aromatic heterocycles. The van der Waals surface area contributed by atoms with E-state index < -0.39 is 0 Å². The lowest BCUT2D eigenvalue weighted by atomic mass is 9.84. The Morgan fingerprint density at radius 3 is 2.24 bits per heavy atom. The Hall–Kier alpha value is -0.820. The molecule has 0 aliphatic rings. The van der Waals surface area contributed by atoms with Gasteiger partial charge >= 0.3 is 0 Å². The number of benzene rings is 1. The summed E-state index contributed by atoms with van der Waals surface area (Å²) in [6.45, 7) is 10.8. The van der Waals surface area contributed by atoms with Crippen molar-refractivity contribution in [1.82, 2.24) is 0 Å². The largest absolute Gasteiger partial charge is 0.376 e. The van der Waals surface area contributed by atoms with E-state index in [1.165, 1.54) is 12.0 Å². The third-order valence-electron chi connectivity index (χ3n) is 3.93. The molecule has 1 aromatic carbocycles. The molecule has 3 atom stereocenters. The lowest BCUT2D eigenvalue weighted by Crippen LogP contribution is -2.20. The van der Waals surface area contributed by atoms with Crippen LogP contribution in [0.2, 0.25) is 0 Å². The minimum absolute atomic E-state index is 0.633. The molecule has 0 fully saturated rings. The summed E-state index contributed by atoms with van der Waals surface area (Å²) in [7, 11) is 0. The zero-order chi connectivity index (χ0) is 12.7. The molecule has 0 saturated heterocycles. The van der Waals surface area contributed by atoms with Gasteiger partial charge in [-0.15, -0.1) is 0 Å². The molecule has 0 saturated carbocycles. The Kier molecular flexibility index (Phi) is 6.28. The van der Waals surface area contributed by atoms with Gasteiger partial charge in [-0.2, -0.15) is 0 Å². The monoisotopic (exact) mass is 234 g/mol. The maximum atomic E-state index is 5.80. The van der Waals surface area contributed by atoms with Gasteiger partial charge in [0, 0.05) is 6.61 Å². The molecular formula is C16H26O. The Bertz CT molecular complexity index is 294. The smallest absolute Gasteiger partial charge is 0.0717 e. The van der Waals surface area contributed by atoms with E-state index in [4.69, 9.17) is 4.74 Å². The van der Waals surface area contributed by atoms with Crippen molar-refractivity contribution in [1.29, 1.82) is 0 Å². The van der Waals surface area contributed by atoms with Gasteiger partial charge in [0.25, 0.3) is 0 Å². The highest BCUT2D eigenvalue weighted by atomic mass is 16.5. The number of rotatable bonds is 7. The molecular weight excluding hydrogens is 208 g/mol. The highest BCUT2D eigenvalue weighted by molar-refractivity contribution is 5.13. The maximum Gasteiger partial charge on any atom is 0.0717 e. The van der Waals surface area contributed by atoms with Crippen molar-refractivity contribution in [3.05, 3.63) is 35.9 Å². The first kappa shape index (κ1) is 14.2. The van der Waals surface area contributed by atoms with Crippen LogP contribution in [0.1, 0.15) is 39.7 Å². The summed E-state index contributed by atoms with van der Waals surface area (Å²) in [5.74, 6) is 2.15. The van der Waals surface area contributed by atoms with Crippen LogP contribution in [0.3, 0.4) is 0 Å². The Morgan fingerprint density at radius 2 is 1.65 bits per heavy atom. The average Bonchev–Trinajstić information content (AvgIpc) is 2.38. The van der Waals surface area contributed by atoms with Gasteiger partial charge in [-0.25, -0.2) is 0 Å². The summed E-state index contributed by atoms with van der Waals surface area (Å²) in [4.78, 5) is 0. The number of hydrogen-bond donors (Lipinski definition) is 0. The van der Waals surface area contributed by atoms with Crippen LogP contribution >= 0.6 is 0 Å². The van der Waals surface area contributed by atoms with Gasteiger partial charge in [0.1, 0.15) is 0 Å². The Labute approximate surface area is 106 Å². The SMILES string of the molecule is CCC(C)C(C)C(C)COCc1ccccc1. The fraction of sp³-hybridized carbons (Fsp3) is 0.625. The Balaban J connectivity index is 2.27. The molecule has 1 aromatic rings. The van der Waals surface area contributed by atoms with Crippen LogP contribution in [0.4, 0.5) is 0 Å². The van der Waals surface area contributed by atoms with Crippen molar-refractivity contribution < 1.29 is 4.74 Å². The first-order valence-electron chi connectivity index (χ1n) is 6.76. The van der Waals surface area contributed by atoms with Gasteiger partial charge in [-0.05, 0) is 23.3 Å². The second-order valence-corrected chi connectivity index (χ2v) is 5.22. The first-order valence-corrected chi connectivity index (χ1v) is 6.76. The highest BCUT2D eigenvalue weighted by Gasteiger charge is 2.17. The van der Waals surface area contributed by atoms with Crippen LogP contribution in [0.25, 0.3) is 0 Å². The molecule has 0 aliphatic carbocycles. The molecule has 0 bridgehead atoms. The van der Waals surface area contributed by atoms with Gasteiger partial charge in [0.05, 0.1) is 6.61 Å². The van der Waals surface area contributed by atoms with Crippen molar-refractivity contribution in [2.75, 3.05) is 6.61 Å². The van der Waals surface area contributed by atoms with Crippen molar-refractivity contribution >= 4 is 0 Å². The van der Waals surface area contributed by atoms with Crippen LogP contribution in [-0.4, -0.2) is 6.61 Å². The van der Waals surface area contributed by atoms with Gasteiger partial charge < -0.3 is 4.74 Å². The fourth-order valence-corrected chi connectivity index (χ4v) is 2.02. The van der Waals surface area contributed by atoms with Crippen LogP contribution in [0.5, 0.6) is 0 Å². The summed E-state index contributed by atoms with van der Waals surface area (Å²) in [5.41, 5.74) is 1.26. The summed E-state index contributed by atoms with van der Waals surface area (Å²) in [5, 5.41) is 0. The topological polar surface area (TPSA) is 9.23 Å². The van der Waals surface area contributed by atoms with Crippen LogP contribution in [-0.2, 0) is 11.3 Å². The van der Waals surface area contributed by atoms with Crippen LogP contribution in [0.15, 0.2) is 30.3 Å². The standard InChI is InChI=1S/C16H26O/c1-5-13(2)15(4)14(3)11-17-12-16-9-7-6-8-10-16/h6-10,13-15H,5,11-12H2,1-4H3. The molecule has 1 heteroatoms. The molecule has 0 spiro atoms. The molecule has 96 valence electrons. The second-order valence-electron chi connectivity index (χ2n) is 5.22. The molecule has 17 heavy (non-hydrogen) atoms. The van der Waals surface area contributed by atoms with Crippen molar-refractivity contribution in [3.8, 4) is 0 Å². The van der Waals surface area contributed by atoms with E-state index in [2.05, 4.69) is 52.0 Å². The fourth-order valence-electron chi connectivity index (χ4n) is 2.02. The van der Waals surface area contributed by atoms with E-state index in [-0.39, 0.29) is 0 Å². The van der Waals surface area contributed by atoms with Crippen LogP contribution < -0.4 is 0 Å². The van der Waals surface area contributed by atoms with Gasteiger partial charge in [-0.3, -0.25) is 0 Å². The highest BCUT2D eigenvalue weighted by Crippen LogP contribution is 2.23. The third kappa shape index (κ3) is 4.91. The van der Waals surface area contributed by atoms with E-state index in [9.17, 15) is 0 Å². The van der Waals surface area contributed by atoms with E-state index in [1.807, 2.05) is 6.07 Å².